The first-order chi connectivity index (χ1) is 9.53. The molecule has 0 saturated carbocycles. The Kier molecular flexibility index (Phi) is 4.60. The number of hydrogen-bond donors (Lipinski definition) is 2. The molecule has 0 bridgehead atoms. The zero-order chi connectivity index (χ0) is 14.7. The lowest BCUT2D eigenvalue weighted by Gasteiger charge is -2.16. The number of rotatable bonds is 5. The van der Waals surface area contributed by atoms with Gasteiger partial charge >= 0.3 is 0 Å². The average Bonchev–Trinajstić information content (AvgIpc) is 2.77. The summed E-state index contributed by atoms with van der Waals surface area (Å²) < 4.78 is 0. The van der Waals surface area contributed by atoms with Gasteiger partial charge in [0.1, 0.15) is 17.5 Å². The Labute approximate surface area is 124 Å². The van der Waals surface area contributed by atoms with Crippen molar-refractivity contribution in [3.63, 3.8) is 0 Å². The summed E-state index contributed by atoms with van der Waals surface area (Å²) in [6.45, 7) is 8.55. The van der Waals surface area contributed by atoms with E-state index in [0.717, 1.165) is 23.9 Å². The van der Waals surface area contributed by atoms with Crippen LogP contribution in [-0.2, 0) is 6.42 Å². The van der Waals surface area contributed by atoms with Crippen LogP contribution < -0.4 is 10.6 Å². The first-order valence-electron chi connectivity index (χ1n) is 6.92. The van der Waals surface area contributed by atoms with Gasteiger partial charge < -0.3 is 10.6 Å². The highest BCUT2D eigenvalue weighted by Gasteiger charge is 2.12. The average molecular weight is 290 g/mol. The summed E-state index contributed by atoms with van der Waals surface area (Å²) in [5.74, 6) is 2.58. The molecule has 0 saturated heterocycles. The highest BCUT2D eigenvalue weighted by molar-refractivity contribution is 7.12. The Morgan fingerprint density at radius 3 is 2.45 bits per heavy atom. The molecule has 0 amide bonds. The molecule has 2 heterocycles. The third-order valence-corrected chi connectivity index (χ3v) is 4.24. The second kappa shape index (κ2) is 6.22. The maximum atomic E-state index is 4.54. The Morgan fingerprint density at radius 1 is 1.20 bits per heavy atom. The lowest BCUT2D eigenvalue weighted by atomic mass is 10.1. The van der Waals surface area contributed by atoms with Crippen LogP contribution in [0.25, 0.3) is 0 Å². The van der Waals surface area contributed by atoms with Gasteiger partial charge in [-0.05, 0) is 32.4 Å². The second-order valence-electron chi connectivity index (χ2n) is 4.89. The summed E-state index contributed by atoms with van der Waals surface area (Å²) in [6.07, 6.45) is 0.829. The van der Waals surface area contributed by atoms with E-state index in [1.165, 1.54) is 15.3 Å². The summed E-state index contributed by atoms with van der Waals surface area (Å²) in [6, 6.07) is 4.44. The molecule has 0 fully saturated rings. The van der Waals surface area contributed by atoms with Crippen molar-refractivity contribution in [1.82, 2.24) is 9.97 Å². The number of anilines is 2. The zero-order valence-corrected chi connectivity index (χ0v) is 13.6. The van der Waals surface area contributed by atoms with Gasteiger partial charge in [-0.2, -0.15) is 0 Å². The molecular formula is C15H22N4S. The molecule has 2 aromatic rings. The van der Waals surface area contributed by atoms with Gasteiger partial charge in [-0.1, -0.05) is 6.92 Å². The van der Waals surface area contributed by atoms with E-state index in [0.29, 0.717) is 0 Å². The quantitative estimate of drug-likeness (QED) is 0.876. The van der Waals surface area contributed by atoms with Crippen LogP contribution in [0.15, 0.2) is 12.1 Å². The fourth-order valence-electron chi connectivity index (χ4n) is 2.24. The fourth-order valence-corrected chi connectivity index (χ4v) is 3.26. The number of aryl methyl sites for hydroxylation is 3. The molecule has 0 aliphatic carbocycles. The molecule has 20 heavy (non-hydrogen) atoms. The summed E-state index contributed by atoms with van der Waals surface area (Å²) in [4.78, 5) is 11.7. The first kappa shape index (κ1) is 14.8. The minimum atomic E-state index is 0.240. The maximum absolute atomic E-state index is 4.54. The molecule has 108 valence electrons. The molecule has 4 nitrogen and oxygen atoms in total. The molecule has 2 N–H and O–H groups in total. The van der Waals surface area contributed by atoms with E-state index in [9.17, 15) is 0 Å². The Morgan fingerprint density at radius 2 is 1.90 bits per heavy atom. The third-order valence-electron chi connectivity index (χ3n) is 3.26. The lowest BCUT2D eigenvalue weighted by Crippen LogP contribution is -2.10. The van der Waals surface area contributed by atoms with Gasteiger partial charge in [0, 0.05) is 29.3 Å². The van der Waals surface area contributed by atoms with Gasteiger partial charge in [0.15, 0.2) is 0 Å². The molecule has 1 atom stereocenters. The van der Waals surface area contributed by atoms with Crippen LogP contribution >= 0.6 is 11.3 Å². The fraction of sp³-hybridized carbons (Fsp3) is 0.467. The second-order valence-corrected chi connectivity index (χ2v) is 6.35. The van der Waals surface area contributed by atoms with Crippen molar-refractivity contribution in [3.05, 3.63) is 33.3 Å². The van der Waals surface area contributed by atoms with E-state index < -0.39 is 0 Å². The molecule has 0 radical (unpaired) electrons. The SMILES string of the molecule is CCc1nc(NC)cc(NC(C)c2cc(C)sc2C)n1. The van der Waals surface area contributed by atoms with E-state index >= 15 is 0 Å². The van der Waals surface area contributed by atoms with Crippen LogP contribution in [0.4, 0.5) is 11.6 Å². The molecular weight excluding hydrogens is 268 g/mol. The van der Waals surface area contributed by atoms with Crippen LogP contribution in [0.3, 0.4) is 0 Å². The minimum absolute atomic E-state index is 0.240. The van der Waals surface area contributed by atoms with Crippen molar-refractivity contribution in [2.45, 2.75) is 40.2 Å². The van der Waals surface area contributed by atoms with E-state index in [2.05, 4.69) is 54.4 Å². The number of thiophene rings is 1. The van der Waals surface area contributed by atoms with E-state index in [1.807, 2.05) is 24.5 Å². The predicted octanol–water partition coefficient (Wildman–Crippen LogP) is 3.93. The standard InChI is InChI=1S/C15H22N4S/c1-6-13-18-14(16-5)8-15(19-13)17-10(3)12-7-9(2)20-11(12)4/h7-8,10H,6H2,1-5H3,(H2,16,17,18,19). The highest BCUT2D eigenvalue weighted by Crippen LogP contribution is 2.28. The minimum Gasteiger partial charge on any atom is -0.373 e. The van der Waals surface area contributed by atoms with E-state index in [-0.39, 0.29) is 6.04 Å². The van der Waals surface area contributed by atoms with Crippen LogP contribution in [-0.4, -0.2) is 17.0 Å². The van der Waals surface area contributed by atoms with Gasteiger partial charge in [-0.15, -0.1) is 11.3 Å². The van der Waals surface area contributed by atoms with E-state index in [1.54, 1.807) is 0 Å². The maximum Gasteiger partial charge on any atom is 0.132 e. The smallest absolute Gasteiger partial charge is 0.132 e. The summed E-state index contributed by atoms with van der Waals surface area (Å²) in [7, 11) is 1.88. The summed E-state index contributed by atoms with van der Waals surface area (Å²) in [5, 5.41) is 6.56. The molecule has 0 aromatic carbocycles. The monoisotopic (exact) mass is 290 g/mol. The lowest BCUT2D eigenvalue weighted by molar-refractivity contribution is 0.855. The Bertz CT molecular complexity index is 569. The predicted molar refractivity (Wildman–Crippen MR) is 86.8 cm³/mol. The van der Waals surface area contributed by atoms with Crippen LogP contribution in [0.2, 0.25) is 0 Å². The van der Waals surface area contributed by atoms with Crippen LogP contribution in [0.5, 0.6) is 0 Å². The topological polar surface area (TPSA) is 49.8 Å². The number of hydrogen-bond acceptors (Lipinski definition) is 5. The van der Waals surface area contributed by atoms with Crippen molar-refractivity contribution in [1.29, 1.82) is 0 Å². The molecule has 5 heteroatoms. The number of nitrogens with zero attached hydrogens (tertiary/aromatic N) is 2. The van der Waals surface area contributed by atoms with Gasteiger partial charge in [0.2, 0.25) is 0 Å². The molecule has 1 unspecified atom stereocenters. The van der Waals surface area contributed by atoms with Crippen molar-refractivity contribution in [2.24, 2.45) is 0 Å². The summed E-state index contributed by atoms with van der Waals surface area (Å²) >= 11 is 1.84. The normalized spacial score (nSPS) is 12.2. The molecule has 0 spiro atoms. The van der Waals surface area contributed by atoms with Gasteiger partial charge in [0.05, 0.1) is 6.04 Å². The molecule has 0 aliphatic heterocycles. The van der Waals surface area contributed by atoms with Gasteiger partial charge in [-0.3, -0.25) is 0 Å². The highest BCUT2D eigenvalue weighted by atomic mass is 32.1. The molecule has 2 aromatic heterocycles. The van der Waals surface area contributed by atoms with Crippen molar-refractivity contribution in [3.8, 4) is 0 Å². The van der Waals surface area contributed by atoms with Gasteiger partial charge in [-0.25, -0.2) is 9.97 Å². The van der Waals surface area contributed by atoms with Crippen molar-refractivity contribution < 1.29 is 0 Å². The molecule has 0 aliphatic rings. The van der Waals surface area contributed by atoms with Crippen molar-refractivity contribution in [2.75, 3.05) is 17.7 Å². The number of aromatic nitrogens is 2. The van der Waals surface area contributed by atoms with Gasteiger partial charge in [0.25, 0.3) is 0 Å². The first-order valence-corrected chi connectivity index (χ1v) is 7.74. The third kappa shape index (κ3) is 3.28. The largest absolute Gasteiger partial charge is 0.373 e. The molecule has 2 rings (SSSR count). The Balaban J connectivity index is 2.22. The van der Waals surface area contributed by atoms with Crippen LogP contribution in [0, 0.1) is 13.8 Å². The summed E-state index contributed by atoms with van der Waals surface area (Å²) in [5.41, 5.74) is 1.34. The Hall–Kier alpha value is -1.62. The van der Waals surface area contributed by atoms with Crippen molar-refractivity contribution >= 4 is 23.0 Å². The number of nitrogens with one attached hydrogen (secondary N) is 2. The van der Waals surface area contributed by atoms with E-state index in [4.69, 9.17) is 0 Å². The zero-order valence-electron chi connectivity index (χ0n) is 12.7. The van der Waals surface area contributed by atoms with Crippen LogP contribution in [0.1, 0.15) is 41.0 Å².